The number of carboxylic acid groups (broad SMARTS) is 2. The third-order valence-electron chi connectivity index (χ3n) is 5.32. The van der Waals surface area contributed by atoms with Gasteiger partial charge in [0.15, 0.2) is 0 Å². The zero-order valence-electron chi connectivity index (χ0n) is 20.1. The van der Waals surface area contributed by atoms with Crippen LogP contribution < -0.4 is 27.4 Å². The maximum Gasteiger partial charge on any atom is 0.325 e. The van der Waals surface area contributed by atoms with Crippen molar-refractivity contribution in [3.63, 3.8) is 0 Å². The third kappa shape index (κ3) is 11.1. The maximum absolute atomic E-state index is 13.1. The first-order chi connectivity index (χ1) is 16.9. The van der Waals surface area contributed by atoms with Gasteiger partial charge in [-0.3, -0.25) is 24.0 Å². The highest BCUT2D eigenvalue weighted by atomic mass is 16.4. The first kappa shape index (κ1) is 30.3. The number of phenolic OH excluding ortho intramolecular Hbond substituents is 1. The molecular formula is C23H35N5O8. The smallest absolute Gasteiger partial charge is 0.325 e. The van der Waals surface area contributed by atoms with E-state index in [2.05, 4.69) is 16.0 Å². The molecule has 0 heterocycles. The van der Waals surface area contributed by atoms with Gasteiger partial charge in [0, 0.05) is 12.8 Å². The summed E-state index contributed by atoms with van der Waals surface area (Å²) in [6.07, 6.45) is 0.750. The highest BCUT2D eigenvalue weighted by molar-refractivity contribution is 5.94. The van der Waals surface area contributed by atoms with Crippen LogP contribution in [0.2, 0.25) is 0 Å². The van der Waals surface area contributed by atoms with E-state index in [4.69, 9.17) is 21.7 Å². The lowest BCUT2D eigenvalue weighted by Crippen LogP contribution is -2.57. The Morgan fingerprint density at radius 1 is 0.861 bits per heavy atom. The Labute approximate surface area is 208 Å². The number of nitrogens with two attached hydrogens (primary N) is 2. The number of rotatable bonds is 16. The number of amides is 3. The molecule has 3 amide bonds. The van der Waals surface area contributed by atoms with Gasteiger partial charge in [-0.15, -0.1) is 0 Å². The quantitative estimate of drug-likeness (QED) is 0.124. The second-order valence-corrected chi connectivity index (χ2v) is 8.38. The summed E-state index contributed by atoms with van der Waals surface area (Å²) < 4.78 is 0. The Kier molecular flexibility index (Phi) is 12.9. The van der Waals surface area contributed by atoms with E-state index in [0.29, 0.717) is 24.9 Å². The number of nitrogens with one attached hydrogen (secondary N) is 3. The van der Waals surface area contributed by atoms with Gasteiger partial charge in [-0.05, 0) is 56.8 Å². The number of phenols is 1. The highest BCUT2D eigenvalue weighted by Crippen LogP contribution is 2.12. The average molecular weight is 510 g/mol. The zero-order chi connectivity index (χ0) is 27.3. The first-order valence-electron chi connectivity index (χ1n) is 11.5. The molecule has 4 atom stereocenters. The Morgan fingerprint density at radius 3 is 2.00 bits per heavy atom. The molecule has 13 nitrogen and oxygen atoms in total. The van der Waals surface area contributed by atoms with Gasteiger partial charge in [0.05, 0.1) is 6.04 Å². The topological polar surface area (TPSA) is 234 Å². The molecule has 0 fully saturated rings. The average Bonchev–Trinajstić information content (AvgIpc) is 2.82. The Balaban J connectivity index is 3.05. The van der Waals surface area contributed by atoms with Gasteiger partial charge in [-0.2, -0.15) is 0 Å². The monoisotopic (exact) mass is 509 g/mol. The molecule has 36 heavy (non-hydrogen) atoms. The fourth-order valence-electron chi connectivity index (χ4n) is 3.18. The van der Waals surface area contributed by atoms with E-state index in [1.54, 1.807) is 12.1 Å². The predicted octanol–water partition coefficient (Wildman–Crippen LogP) is -1.19. The largest absolute Gasteiger partial charge is 0.508 e. The van der Waals surface area contributed by atoms with Crippen molar-refractivity contribution in [3.8, 4) is 5.75 Å². The van der Waals surface area contributed by atoms with E-state index >= 15 is 0 Å². The summed E-state index contributed by atoms with van der Waals surface area (Å²) >= 11 is 0. The van der Waals surface area contributed by atoms with Crippen LogP contribution in [0.15, 0.2) is 24.3 Å². The van der Waals surface area contributed by atoms with Crippen LogP contribution in [0.1, 0.15) is 44.6 Å². The zero-order valence-corrected chi connectivity index (χ0v) is 20.1. The summed E-state index contributed by atoms with van der Waals surface area (Å²) in [5.41, 5.74) is 11.8. The number of unbranched alkanes of at least 4 members (excludes halogenated alkanes) is 1. The molecule has 0 radical (unpaired) electrons. The standard InChI is InChI=1S/C23H35N5O8/c1-13(23(35)36)26-22(34)18(12-14-5-7-15(29)8-6-14)28-21(33)17(4-2-3-11-24)27-20(32)16(25)9-10-19(30)31/h5-8,13,16-18,29H,2-4,9-12,24-25H2,1H3,(H,26,34)(H,27,32)(H,28,33)(H,30,31)(H,35,36). The number of hydrogen-bond donors (Lipinski definition) is 8. The van der Waals surface area contributed by atoms with Crippen LogP contribution in [-0.4, -0.2) is 75.7 Å². The molecule has 0 aromatic heterocycles. The van der Waals surface area contributed by atoms with E-state index in [9.17, 15) is 29.1 Å². The molecule has 0 bridgehead atoms. The fraction of sp³-hybridized carbons (Fsp3) is 0.522. The summed E-state index contributed by atoms with van der Waals surface area (Å²) in [7, 11) is 0. The second-order valence-electron chi connectivity index (χ2n) is 8.38. The van der Waals surface area contributed by atoms with Crippen LogP contribution in [0.5, 0.6) is 5.75 Å². The van der Waals surface area contributed by atoms with Gasteiger partial charge in [-0.1, -0.05) is 12.1 Å². The number of carboxylic acids is 2. The molecule has 0 saturated heterocycles. The summed E-state index contributed by atoms with van der Waals surface area (Å²) in [5.74, 6) is -4.55. The summed E-state index contributed by atoms with van der Waals surface area (Å²) in [6, 6.07) is 1.24. The molecule has 0 saturated carbocycles. The van der Waals surface area contributed by atoms with Gasteiger partial charge in [-0.25, -0.2) is 0 Å². The molecule has 1 rings (SSSR count). The third-order valence-corrected chi connectivity index (χ3v) is 5.32. The minimum atomic E-state index is -1.26. The van der Waals surface area contributed by atoms with Crippen molar-refractivity contribution >= 4 is 29.7 Å². The minimum absolute atomic E-state index is 0.00482. The lowest BCUT2D eigenvalue weighted by Gasteiger charge is -2.25. The molecular weight excluding hydrogens is 474 g/mol. The predicted molar refractivity (Wildman–Crippen MR) is 129 cm³/mol. The van der Waals surface area contributed by atoms with Crippen LogP contribution in [0, 0.1) is 0 Å². The summed E-state index contributed by atoms with van der Waals surface area (Å²) in [6.45, 7) is 1.63. The number of carbonyl (C=O) groups excluding carboxylic acids is 3. The van der Waals surface area contributed by atoms with Gasteiger partial charge in [0.1, 0.15) is 23.9 Å². The lowest BCUT2D eigenvalue weighted by molar-refractivity contribution is -0.142. The van der Waals surface area contributed by atoms with Gasteiger partial charge in [0.25, 0.3) is 0 Å². The van der Waals surface area contributed by atoms with Crippen LogP contribution in [-0.2, 0) is 30.4 Å². The van der Waals surface area contributed by atoms with Crippen LogP contribution in [0.25, 0.3) is 0 Å². The first-order valence-corrected chi connectivity index (χ1v) is 11.5. The summed E-state index contributed by atoms with van der Waals surface area (Å²) in [4.78, 5) is 60.3. The minimum Gasteiger partial charge on any atom is -0.508 e. The Bertz CT molecular complexity index is 908. The molecule has 0 aliphatic carbocycles. The van der Waals surface area contributed by atoms with Gasteiger partial charge >= 0.3 is 11.9 Å². The van der Waals surface area contributed by atoms with Gasteiger partial charge in [0.2, 0.25) is 17.7 Å². The Hall–Kier alpha value is -3.71. The normalized spacial score (nSPS) is 14.1. The number of benzene rings is 1. The van der Waals surface area contributed by atoms with E-state index < -0.39 is 53.8 Å². The highest BCUT2D eigenvalue weighted by Gasteiger charge is 2.29. The van der Waals surface area contributed by atoms with Crippen molar-refractivity contribution in [1.82, 2.24) is 16.0 Å². The molecule has 0 aliphatic heterocycles. The fourth-order valence-corrected chi connectivity index (χ4v) is 3.18. The number of aromatic hydroxyl groups is 1. The maximum atomic E-state index is 13.1. The van der Waals surface area contributed by atoms with E-state index in [0.717, 1.165) is 0 Å². The SMILES string of the molecule is CC(NC(=O)C(Cc1ccc(O)cc1)NC(=O)C(CCCCN)NC(=O)C(N)CCC(=O)O)C(=O)O. The number of hydrogen-bond acceptors (Lipinski definition) is 8. The van der Waals surface area contributed by atoms with Crippen molar-refractivity contribution in [1.29, 1.82) is 0 Å². The van der Waals surface area contributed by atoms with Crippen molar-refractivity contribution < 1.29 is 39.3 Å². The second kappa shape index (κ2) is 15.3. The van der Waals surface area contributed by atoms with E-state index in [-0.39, 0.29) is 31.4 Å². The molecule has 10 N–H and O–H groups in total. The van der Waals surface area contributed by atoms with Crippen LogP contribution in [0.4, 0.5) is 0 Å². The van der Waals surface area contributed by atoms with E-state index in [1.807, 2.05) is 0 Å². The van der Waals surface area contributed by atoms with Gasteiger partial charge < -0.3 is 42.7 Å². The molecule has 200 valence electrons. The lowest BCUT2D eigenvalue weighted by atomic mass is 10.0. The molecule has 0 aliphatic rings. The number of carbonyl (C=O) groups is 5. The molecule has 0 spiro atoms. The van der Waals surface area contributed by atoms with Crippen LogP contribution >= 0.6 is 0 Å². The van der Waals surface area contributed by atoms with Crippen LogP contribution in [0.3, 0.4) is 0 Å². The number of aliphatic carboxylic acids is 2. The molecule has 1 aromatic rings. The van der Waals surface area contributed by atoms with Crippen molar-refractivity contribution in [2.45, 2.75) is 69.6 Å². The molecule has 4 unspecified atom stereocenters. The molecule has 13 heteroatoms. The summed E-state index contributed by atoms with van der Waals surface area (Å²) in [5, 5.41) is 34.8. The van der Waals surface area contributed by atoms with Crippen molar-refractivity contribution in [3.05, 3.63) is 29.8 Å². The van der Waals surface area contributed by atoms with Crippen molar-refractivity contribution in [2.24, 2.45) is 11.5 Å². The van der Waals surface area contributed by atoms with Crippen molar-refractivity contribution in [2.75, 3.05) is 6.54 Å². The molecule has 1 aromatic carbocycles. The Morgan fingerprint density at radius 2 is 1.44 bits per heavy atom. The van der Waals surface area contributed by atoms with E-state index in [1.165, 1.54) is 19.1 Å².